The molecule has 0 bridgehead atoms. The van der Waals surface area contributed by atoms with E-state index in [1.807, 2.05) is 6.07 Å². The van der Waals surface area contributed by atoms with Crippen LogP contribution in [-0.2, 0) is 0 Å². The van der Waals surface area contributed by atoms with Crippen molar-refractivity contribution >= 4 is 10.9 Å². The fraction of sp³-hybridized carbons (Fsp3) is 0.364. The van der Waals surface area contributed by atoms with E-state index in [0.717, 1.165) is 30.2 Å². The molecule has 0 spiro atoms. The van der Waals surface area contributed by atoms with Crippen molar-refractivity contribution in [3.63, 3.8) is 0 Å². The lowest BCUT2D eigenvalue weighted by atomic mass is 9.95. The topological polar surface area (TPSA) is 37.5 Å². The van der Waals surface area contributed by atoms with Gasteiger partial charge in [-0.3, -0.25) is 4.90 Å². The van der Waals surface area contributed by atoms with Crippen molar-refractivity contribution in [3.8, 4) is 11.5 Å². The SMILES string of the molecule is COc1cccc(C(c2c[nH]c3c(C)cccc23)N2CCCC2)c1OC. The second-order valence-electron chi connectivity index (χ2n) is 6.97. The molecule has 4 rings (SSSR count). The van der Waals surface area contributed by atoms with Crippen molar-refractivity contribution in [1.29, 1.82) is 0 Å². The van der Waals surface area contributed by atoms with E-state index < -0.39 is 0 Å². The summed E-state index contributed by atoms with van der Waals surface area (Å²) in [6.45, 7) is 4.35. The van der Waals surface area contributed by atoms with Crippen LogP contribution < -0.4 is 9.47 Å². The normalized spacial score (nSPS) is 16.1. The predicted octanol–water partition coefficient (Wildman–Crippen LogP) is 4.68. The van der Waals surface area contributed by atoms with Crippen LogP contribution >= 0.6 is 0 Å². The highest BCUT2D eigenvalue weighted by molar-refractivity contribution is 5.87. The van der Waals surface area contributed by atoms with Crippen LogP contribution in [0.2, 0.25) is 0 Å². The molecule has 136 valence electrons. The Hall–Kier alpha value is -2.46. The number of hydrogen-bond acceptors (Lipinski definition) is 3. The van der Waals surface area contributed by atoms with Crippen LogP contribution in [0.25, 0.3) is 10.9 Å². The number of aryl methyl sites for hydroxylation is 1. The first-order chi connectivity index (χ1) is 12.7. The number of nitrogens with one attached hydrogen (secondary N) is 1. The fourth-order valence-corrected chi connectivity index (χ4v) is 4.24. The van der Waals surface area contributed by atoms with E-state index in [0.29, 0.717) is 0 Å². The molecule has 1 saturated heterocycles. The van der Waals surface area contributed by atoms with E-state index in [9.17, 15) is 0 Å². The van der Waals surface area contributed by atoms with Crippen molar-refractivity contribution in [2.45, 2.75) is 25.8 Å². The predicted molar refractivity (Wildman–Crippen MR) is 105 cm³/mol. The fourth-order valence-electron chi connectivity index (χ4n) is 4.24. The first-order valence-corrected chi connectivity index (χ1v) is 9.26. The Morgan fingerprint density at radius 1 is 0.962 bits per heavy atom. The number of ether oxygens (including phenoxy) is 2. The van der Waals surface area contributed by atoms with Gasteiger partial charge in [-0.25, -0.2) is 0 Å². The summed E-state index contributed by atoms with van der Waals surface area (Å²) < 4.78 is 11.3. The molecular formula is C22H26N2O2. The highest BCUT2D eigenvalue weighted by Crippen LogP contribution is 2.43. The molecule has 2 heterocycles. The molecule has 3 aromatic rings. The van der Waals surface area contributed by atoms with Gasteiger partial charge in [0.05, 0.1) is 20.3 Å². The molecule has 0 amide bonds. The van der Waals surface area contributed by atoms with Crippen molar-refractivity contribution in [2.75, 3.05) is 27.3 Å². The van der Waals surface area contributed by atoms with Gasteiger partial charge >= 0.3 is 0 Å². The van der Waals surface area contributed by atoms with Crippen LogP contribution in [0.1, 0.15) is 35.6 Å². The van der Waals surface area contributed by atoms with Gasteiger partial charge in [0.15, 0.2) is 11.5 Å². The maximum Gasteiger partial charge on any atom is 0.165 e. The number of benzene rings is 2. The van der Waals surface area contributed by atoms with Crippen LogP contribution in [0.4, 0.5) is 0 Å². The van der Waals surface area contributed by atoms with Crippen molar-refractivity contribution < 1.29 is 9.47 Å². The lowest BCUT2D eigenvalue weighted by Gasteiger charge is -2.29. The third kappa shape index (κ3) is 2.74. The minimum absolute atomic E-state index is 0.151. The molecular weight excluding hydrogens is 324 g/mol. The van der Waals surface area contributed by atoms with Gasteiger partial charge in [-0.15, -0.1) is 0 Å². The molecule has 1 aromatic heterocycles. The Morgan fingerprint density at radius 2 is 1.73 bits per heavy atom. The minimum atomic E-state index is 0.151. The van der Waals surface area contributed by atoms with Crippen LogP contribution in [0, 0.1) is 6.92 Å². The molecule has 0 aliphatic carbocycles. The van der Waals surface area contributed by atoms with E-state index in [2.05, 4.69) is 53.3 Å². The highest BCUT2D eigenvalue weighted by atomic mass is 16.5. The number of fused-ring (bicyclic) bond motifs is 1. The van der Waals surface area contributed by atoms with Gasteiger partial charge in [0.2, 0.25) is 0 Å². The maximum atomic E-state index is 5.78. The van der Waals surface area contributed by atoms with E-state index in [1.54, 1.807) is 14.2 Å². The van der Waals surface area contributed by atoms with Crippen LogP contribution in [0.5, 0.6) is 11.5 Å². The number of nitrogens with zero attached hydrogens (tertiary/aromatic N) is 1. The molecule has 4 heteroatoms. The van der Waals surface area contributed by atoms with Gasteiger partial charge in [-0.2, -0.15) is 0 Å². The third-order valence-corrected chi connectivity index (χ3v) is 5.48. The summed E-state index contributed by atoms with van der Waals surface area (Å²) in [5, 5.41) is 1.28. The minimum Gasteiger partial charge on any atom is -0.493 e. The average Bonchev–Trinajstić information content (AvgIpc) is 3.33. The van der Waals surface area contributed by atoms with Crippen LogP contribution in [-0.4, -0.2) is 37.2 Å². The molecule has 4 nitrogen and oxygen atoms in total. The van der Waals surface area contributed by atoms with Crippen molar-refractivity contribution in [3.05, 3.63) is 59.3 Å². The van der Waals surface area contributed by atoms with Crippen LogP contribution in [0.15, 0.2) is 42.6 Å². The van der Waals surface area contributed by atoms with Gasteiger partial charge in [-0.05, 0) is 50.0 Å². The van der Waals surface area contributed by atoms with E-state index in [1.165, 1.54) is 34.9 Å². The zero-order chi connectivity index (χ0) is 18.1. The number of methoxy groups -OCH3 is 2. The number of aromatic nitrogens is 1. The lowest BCUT2D eigenvalue weighted by Crippen LogP contribution is -2.27. The second-order valence-corrected chi connectivity index (χ2v) is 6.97. The van der Waals surface area contributed by atoms with Gasteiger partial charge in [-0.1, -0.05) is 30.3 Å². The standard InChI is InChI=1S/C22H26N2O2/c1-15-8-6-9-16-18(14-23-20(15)16)21(24-12-4-5-13-24)17-10-7-11-19(25-2)22(17)26-3/h6-11,14,21,23H,4-5,12-13H2,1-3H3. The maximum absolute atomic E-state index is 5.78. The van der Waals surface area contributed by atoms with Gasteiger partial charge in [0, 0.05) is 22.7 Å². The number of likely N-dealkylation sites (tertiary alicyclic amines) is 1. The summed E-state index contributed by atoms with van der Waals surface area (Å²) in [4.78, 5) is 6.06. The molecule has 26 heavy (non-hydrogen) atoms. The quantitative estimate of drug-likeness (QED) is 0.726. The summed E-state index contributed by atoms with van der Waals surface area (Å²) in [7, 11) is 3.42. The zero-order valence-corrected chi connectivity index (χ0v) is 15.7. The first kappa shape index (κ1) is 17.0. The van der Waals surface area contributed by atoms with E-state index in [4.69, 9.17) is 9.47 Å². The number of para-hydroxylation sites is 2. The number of rotatable bonds is 5. The number of aromatic amines is 1. The summed E-state index contributed by atoms with van der Waals surface area (Å²) in [6, 6.07) is 12.8. The van der Waals surface area contributed by atoms with Crippen molar-refractivity contribution in [1.82, 2.24) is 9.88 Å². The molecule has 1 aliphatic heterocycles. The summed E-state index contributed by atoms with van der Waals surface area (Å²) in [5.41, 5.74) is 4.95. The monoisotopic (exact) mass is 350 g/mol. The number of H-pyrrole nitrogens is 1. The zero-order valence-electron chi connectivity index (χ0n) is 15.7. The van der Waals surface area contributed by atoms with Crippen molar-refractivity contribution in [2.24, 2.45) is 0 Å². The van der Waals surface area contributed by atoms with Gasteiger partial charge in [0.1, 0.15) is 0 Å². The summed E-state index contributed by atoms with van der Waals surface area (Å²) in [5.74, 6) is 1.61. The highest BCUT2D eigenvalue weighted by Gasteiger charge is 2.30. The molecule has 1 aliphatic rings. The Kier molecular flexibility index (Phi) is 4.60. The Labute approximate surface area is 154 Å². The summed E-state index contributed by atoms with van der Waals surface area (Å²) in [6.07, 6.45) is 4.65. The second kappa shape index (κ2) is 7.04. The lowest BCUT2D eigenvalue weighted by molar-refractivity contribution is 0.271. The first-order valence-electron chi connectivity index (χ1n) is 9.26. The van der Waals surface area contributed by atoms with Gasteiger partial charge < -0.3 is 14.5 Å². The Balaban J connectivity index is 1.92. The molecule has 2 aromatic carbocycles. The van der Waals surface area contributed by atoms with Gasteiger partial charge in [0.25, 0.3) is 0 Å². The third-order valence-electron chi connectivity index (χ3n) is 5.48. The number of hydrogen-bond donors (Lipinski definition) is 1. The summed E-state index contributed by atoms with van der Waals surface area (Å²) >= 11 is 0. The smallest absolute Gasteiger partial charge is 0.165 e. The molecule has 1 N–H and O–H groups in total. The molecule has 1 fully saturated rings. The van der Waals surface area contributed by atoms with E-state index >= 15 is 0 Å². The van der Waals surface area contributed by atoms with E-state index in [-0.39, 0.29) is 6.04 Å². The molecule has 0 saturated carbocycles. The molecule has 0 radical (unpaired) electrons. The Morgan fingerprint density at radius 3 is 2.46 bits per heavy atom. The average molecular weight is 350 g/mol. The largest absolute Gasteiger partial charge is 0.493 e. The molecule has 1 unspecified atom stereocenters. The van der Waals surface area contributed by atoms with Crippen LogP contribution in [0.3, 0.4) is 0 Å². The molecule has 1 atom stereocenters. The Bertz CT molecular complexity index is 910.